The largest absolute Gasteiger partial charge is 0.376 e. The number of alkyl halides is 1. The minimum absolute atomic E-state index is 0.341. The third-order valence-electron chi connectivity index (χ3n) is 7.07. The molecule has 3 aromatic carbocycles. The van der Waals surface area contributed by atoms with Crippen LogP contribution in [0.1, 0.15) is 22.8 Å². The van der Waals surface area contributed by atoms with E-state index < -0.39 is 18.8 Å². The predicted octanol–water partition coefficient (Wildman–Crippen LogP) is 5.99. The van der Waals surface area contributed by atoms with E-state index in [0.29, 0.717) is 17.9 Å². The standard InChI is InChI=1S/C28H28FN5O/c1-35-28(25(16-29)32-33-30)21-12-14-22(15-13-21)34-17-23-24(18-34)27(23)31-26(19-8-4-2-5-9-19)20-10-6-3-7-11-20/h2-15,23-25,27-28H,16-18H2,1H3/t23-,24+,25-,27?,28-/m1/s1. The van der Waals surface area contributed by atoms with Crippen LogP contribution in [0.3, 0.4) is 0 Å². The molecule has 35 heavy (non-hydrogen) atoms. The van der Waals surface area contributed by atoms with Crippen LogP contribution in [0, 0.1) is 11.8 Å². The molecule has 6 nitrogen and oxygen atoms in total. The van der Waals surface area contributed by atoms with Gasteiger partial charge in [-0.1, -0.05) is 77.9 Å². The maximum Gasteiger partial charge on any atom is 0.101 e. The second-order valence-electron chi connectivity index (χ2n) is 9.11. The third-order valence-corrected chi connectivity index (χ3v) is 7.07. The molecule has 0 aromatic heterocycles. The molecule has 0 N–H and O–H groups in total. The molecule has 178 valence electrons. The van der Waals surface area contributed by atoms with Gasteiger partial charge in [-0.15, -0.1) is 0 Å². The molecular weight excluding hydrogens is 441 g/mol. The van der Waals surface area contributed by atoms with E-state index in [-0.39, 0.29) is 0 Å². The van der Waals surface area contributed by atoms with E-state index in [2.05, 4.69) is 63.5 Å². The van der Waals surface area contributed by atoms with E-state index in [9.17, 15) is 4.39 Å². The van der Waals surface area contributed by atoms with Crippen molar-refractivity contribution in [3.63, 3.8) is 0 Å². The molecule has 1 saturated heterocycles. The molecule has 1 unspecified atom stereocenters. The number of anilines is 1. The Kier molecular flexibility index (Phi) is 6.80. The second kappa shape index (κ2) is 10.3. The van der Waals surface area contributed by atoms with E-state index in [4.69, 9.17) is 15.3 Å². The highest BCUT2D eigenvalue weighted by Crippen LogP contribution is 2.49. The van der Waals surface area contributed by atoms with Crippen LogP contribution in [0.25, 0.3) is 10.4 Å². The van der Waals surface area contributed by atoms with Crippen LogP contribution < -0.4 is 4.90 Å². The highest BCUT2D eigenvalue weighted by atomic mass is 19.1. The van der Waals surface area contributed by atoms with Crippen LogP contribution in [0.4, 0.5) is 10.1 Å². The van der Waals surface area contributed by atoms with Gasteiger partial charge < -0.3 is 9.64 Å². The molecule has 0 spiro atoms. The second-order valence-corrected chi connectivity index (χ2v) is 9.11. The van der Waals surface area contributed by atoms with Gasteiger partial charge in [-0.2, -0.15) is 0 Å². The van der Waals surface area contributed by atoms with Crippen LogP contribution in [0.5, 0.6) is 0 Å². The number of halogens is 1. The van der Waals surface area contributed by atoms with Gasteiger partial charge in [-0.3, -0.25) is 9.38 Å². The Bertz CT molecular complexity index is 1160. The lowest BCUT2D eigenvalue weighted by atomic mass is 10.0. The minimum Gasteiger partial charge on any atom is -0.376 e. The lowest BCUT2D eigenvalue weighted by Gasteiger charge is -2.24. The fourth-order valence-corrected chi connectivity index (χ4v) is 5.18. The van der Waals surface area contributed by atoms with E-state index >= 15 is 0 Å². The van der Waals surface area contributed by atoms with Crippen molar-refractivity contribution < 1.29 is 9.13 Å². The number of hydrogen-bond acceptors (Lipinski definition) is 4. The van der Waals surface area contributed by atoms with Crippen molar-refractivity contribution in [1.82, 2.24) is 0 Å². The van der Waals surface area contributed by atoms with E-state index in [1.165, 1.54) is 7.11 Å². The number of azide groups is 1. The van der Waals surface area contributed by atoms with Crippen LogP contribution in [0.2, 0.25) is 0 Å². The molecule has 0 amide bonds. The van der Waals surface area contributed by atoms with Gasteiger partial charge in [0.2, 0.25) is 0 Å². The van der Waals surface area contributed by atoms with Crippen molar-refractivity contribution in [2.45, 2.75) is 18.2 Å². The average Bonchev–Trinajstić information content (AvgIpc) is 3.35. The Labute approximate surface area is 204 Å². The summed E-state index contributed by atoms with van der Waals surface area (Å²) in [6, 6.07) is 28.2. The number of ether oxygens (including phenoxy) is 1. The van der Waals surface area contributed by atoms with Gasteiger partial charge >= 0.3 is 0 Å². The zero-order chi connectivity index (χ0) is 24.2. The Morgan fingerprint density at radius 2 is 1.54 bits per heavy atom. The highest BCUT2D eigenvalue weighted by Gasteiger charge is 2.56. The zero-order valence-electron chi connectivity index (χ0n) is 19.6. The molecule has 1 saturated carbocycles. The Morgan fingerprint density at radius 3 is 2.03 bits per heavy atom. The predicted molar refractivity (Wildman–Crippen MR) is 137 cm³/mol. The summed E-state index contributed by atoms with van der Waals surface area (Å²) in [5.41, 5.74) is 14.0. The van der Waals surface area contributed by atoms with Crippen molar-refractivity contribution in [1.29, 1.82) is 0 Å². The molecule has 5 atom stereocenters. The zero-order valence-corrected chi connectivity index (χ0v) is 19.6. The fourth-order valence-electron chi connectivity index (χ4n) is 5.18. The van der Waals surface area contributed by atoms with Crippen molar-refractivity contribution in [3.05, 3.63) is 112 Å². The quantitative estimate of drug-likeness (QED) is 0.167. The highest BCUT2D eigenvalue weighted by molar-refractivity contribution is 6.13. The van der Waals surface area contributed by atoms with Crippen molar-refractivity contribution in [2.75, 3.05) is 31.8 Å². The lowest BCUT2D eigenvalue weighted by molar-refractivity contribution is 0.0722. The Balaban J connectivity index is 1.28. The lowest BCUT2D eigenvalue weighted by Crippen LogP contribution is -2.25. The Morgan fingerprint density at radius 1 is 0.971 bits per heavy atom. The van der Waals surface area contributed by atoms with Crippen LogP contribution in [-0.4, -0.2) is 44.7 Å². The smallest absolute Gasteiger partial charge is 0.101 e. The third kappa shape index (κ3) is 4.78. The first-order valence-electron chi connectivity index (χ1n) is 11.9. The van der Waals surface area contributed by atoms with Crippen molar-refractivity contribution >= 4 is 11.4 Å². The number of fused-ring (bicyclic) bond motifs is 1. The molecule has 5 rings (SSSR count). The number of rotatable bonds is 9. The van der Waals surface area contributed by atoms with E-state index in [1.807, 2.05) is 36.4 Å². The summed E-state index contributed by atoms with van der Waals surface area (Å²) in [4.78, 5) is 10.4. The molecular formula is C28H28FN5O. The molecule has 1 aliphatic carbocycles. The first kappa shape index (κ1) is 23.1. The molecule has 2 aliphatic rings. The molecule has 1 heterocycles. The summed E-state index contributed by atoms with van der Waals surface area (Å²) in [5.74, 6) is 1.09. The molecule has 2 fully saturated rings. The minimum atomic E-state index is -0.877. The van der Waals surface area contributed by atoms with Crippen LogP contribution in [-0.2, 0) is 4.74 Å². The number of nitrogens with zero attached hydrogens (tertiary/aromatic N) is 5. The molecule has 7 heteroatoms. The topological polar surface area (TPSA) is 73.6 Å². The first-order valence-corrected chi connectivity index (χ1v) is 11.9. The van der Waals surface area contributed by atoms with E-state index in [0.717, 1.165) is 41.2 Å². The number of hydrogen-bond donors (Lipinski definition) is 0. The number of methoxy groups -OCH3 is 1. The summed E-state index contributed by atoms with van der Waals surface area (Å²) in [7, 11) is 1.50. The summed E-state index contributed by atoms with van der Waals surface area (Å²) in [6.07, 6.45) is -0.606. The molecule has 0 radical (unpaired) electrons. The summed E-state index contributed by atoms with van der Waals surface area (Å²) in [6.45, 7) is 1.17. The van der Waals surface area contributed by atoms with Crippen LogP contribution >= 0.6 is 0 Å². The van der Waals surface area contributed by atoms with Gasteiger partial charge in [0.15, 0.2) is 0 Å². The summed E-state index contributed by atoms with van der Waals surface area (Å²) >= 11 is 0. The van der Waals surface area contributed by atoms with Crippen molar-refractivity contribution in [2.24, 2.45) is 21.9 Å². The average molecular weight is 470 g/mol. The van der Waals surface area contributed by atoms with Gasteiger partial charge in [-0.25, -0.2) is 0 Å². The van der Waals surface area contributed by atoms with Gasteiger partial charge in [-0.05, 0) is 23.2 Å². The van der Waals surface area contributed by atoms with Gasteiger partial charge in [0.05, 0.1) is 23.9 Å². The molecule has 1 aliphatic heterocycles. The number of benzene rings is 3. The maximum absolute atomic E-state index is 13.3. The van der Waals surface area contributed by atoms with Crippen LogP contribution in [0.15, 0.2) is 95.0 Å². The summed E-state index contributed by atoms with van der Waals surface area (Å²) < 4.78 is 18.7. The number of aliphatic imine (C=N–C) groups is 1. The first-order chi connectivity index (χ1) is 17.2. The van der Waals surface area contributed by atoms with Crippen molar-refractivity contribution in [3.8, 4) is 0 Å². The van der Waals surface area contributed by atoms with E-state index in [1.54, 1.807) is 0 Å². The number of piperidine rings is 1. The maximum atomic E-state index is 13.3. The van der Waals surface area contributed by atoms with Gasteiger partial charge in [0.25, 0.3) is 0 Å². The fraction of sp³-hybridized carbons (Fsp3) is 0.321. The SMILES string of the molecule is CO[C@H](c1ccc(N2C[C@@H]3C(N=C(c4ccccc4)c4ccccc4)[C@@H]3C2)cc1)[C@@H](CF)N=[N+]=[N-]. The monoisotopic (exact) mass is 469 g/mol. The summed E-state index contributed by atoms with van der Waals surface area (Å²) in [5, 5.41) is 3.54. The Hall–Kier alpha value is -3.67. The molecule has 0 bridgehead atoms. The van der Waals surface area contributed by atoms with Gasteiger partial charge in [0.1, 0.15) is 6.67 Å². The molecule has 3 aromatic rings. The normalized spacial score (nSPS) is 22.0. The van der Waals surface area contributed by atoms with Gasteiger partial charge in [0, 0.05) is 53.8 Å².